The quantitative estimate of drug-likeness (QED) is 0.794. The number of morpholine rings is 1. The van der Waals surface area contributed by atoms with E-state index < -0.39 is 0 Å². The highest BCUT2D eigenvalue weighted by molar-refractivity contribution is 7.80. The van der Waals surface area contributed by atoms with E-state index in [-0.39, 0.29) is 23.3 Å². The average Bonchev–Trinajstić information content (AvgIpc) is 2.36. The van der Waals surface area contributed by atoms with E-state index in [0.29, 0.717) is 18.8 Å². The van der Waals surface area contributed by atoms with E-state index in [1.165, 1.54) is 0 Å². The van der Waals surface area contributed by atoms with Gasteiger partial charge >= 0.3 is 0 Å². The second kappa shape index (κ2) is 5.40. The topological polar surface area (TPSA) is 71.6 Å². The van der Waals surface area contributed by atoms with Gasteiger partial charge in [0.15, 0.2) is 0 Å². The molecule has 1 aliphatic heterocycles. The summed E-state index contributed by atoms with van der Waals surface area (Å²) < 4.78 is 5.80. The van der Waals surface area contributed by atoms with Gasteiger partial charge < -0.3 is 20.5 Å². The number of hydrogen-bond donors (Lipinski definition) is 2. The van der Waals surface area contributed by atoms with Crippen LogP contribution in [-0.2, 0) is 4.74 Å². The van der Waals surface area contributed by atoms with Crippen LogP contribution >= 0.6 is 12.2 Å². The van der Waals surface area contributed by atoms with Crippen LogP contribution in [0, 0.1) is 0 Å². The van der Waals surface area contributed by atoms with Crippen LogP contribution in [0.2, 0.25) is 0 Å². The summed E-state index contributed by atoms with van der Waals surface area (Å²) >= 11 is 5.04. The fourth-order valence-corrected chi connectivity index (χ4v) is 2.57. The fourth-order valence-electron chi connectivity index (χ4n) is 2.42. The van der Waals surface area contributed by atoms with Gasteiger partial charge in [0.25, 0.3) is 0 Å². The smallest absolute Gasteiger partial charge is 0.124 e. The zero-order valence-electron chi connectivity index (χ0n) is 11.2. The Morgan fingerprint density at radius 2 is 2.42 bits per heavy atom. The number of ether oxygens (including phenoxy) is 1. The highest BCUT2D eigenvalue weighted by Crippen LogP contribution is 2.27. The Morgan fingerprint density at radius 3 is 3.05 bits per heavy atom. The first-order valence-corrected chi connectivity index (χ1v) is 6.62. The van der Waals surface area contributed by atoms with E-state index in [1.54, 1.807) is 6.20 Å². The number of aliphatic hydroxyl groups excluding tert-OH is 1. The van der Waals surface area contributed by atoms with E-state index in [2.05, 4.69) is 9.88 Å². The molecule has 6 heteroatoms. The lowest BCUT2D eigenvalue weighted by Crippen LogP contribution is -2.54. The molecule has 1 unspecified atom stereocenters. The molecule has 19 heavy (non-hydrogen) atoms. The molecule has 1 fully saturated rings. The van der Waals surface area contributed by atoms with Gasteiger partial charge in [0.2, 0.25) is 0 Å². The van der Waals surface area contributed by atoms with Crippen LogP contribution in [0.3, 0.4) is 0 Å². The number of anilines is 1. The molecule has 0 aliphatic carbocycles. The molecule has 0 saturated carbocycles. The predicted molar refractivity (Wildman–Crippen MR) is 78.4 cm³/mol. The number of aromatic nitrogens is 1. The number of thiocarbonyl (C=S) groups is 1. The summed E-state index contributed by atoms with van der Waals surface area (Å²) in [6.45, 7) is 5.28. The fraction of sp³-hybridized carbons (Fsp3) is 0.538. The molecule has 2 heterocycles. The standard InChI is InChI=1S/C13H19N3O2S/c1-13(2)8-16(6-9(7-17)18-13)10-4-3-5-15-11(10)12(14)19/h3-5,9,17H,6-8H2,1-2H3,(H2,14,19). The Bertz CT molecular complexity index is 479. The monoisotopic (exact) mass is 281 g/mol. The van der Waals surface area contributed by atoms with Gasteiger partial charge in [-0.2, -0.15) is 0 Å². The van der Waals surface area contributed by atoms with E-state index in [1.807, 2.05) is 26.0 Å². The van der Waals surface area contributed by atoms with Crippen LogP contribution in [0.25, 0.3) is 0 Å². The maximum Gasteiger partial charge on any atom is 0.124 e. The Morgan fingerprint density at radius 1 is 1.68 bits per heavy atom. The van der Waals surface area contributed by atoms with Crippen molar-refractivity contribution >= 4 is 22.9 Å². The number of rotatable bonds is 3. The van der Waals surface area contributed by atoms with Gasteiger partial charge in [-0.15, -0.1) is 0 Å². The van der Waals surface area contributed by atoms with E-state index in [0.717, 1.165) is 5.69 Å². The normalized spacial score (nSPS) is 22.3. The Balaban J connectivity index is 2.33. The van der Waals surface area contributed by atoms with Gasteiger partial charge in [-0.1, -0.05) is 12.2 Å². The van der Waals surface area contributed by atoms with Crippen LogP contribution in [0.4, 0.5) is 5.69 Å². The van der Waals surface area contributed by atoms with E-state index >= 15 is 0 Å². The summed E-state index contributed by atoms with van der Waals surface area (Å²) in [5, 5.41) is 9.35. The van der Waals surface area contributed by atoms with Gasteiger partial charge in [-0.3, -0.25) is 4.98 Å². The van der Waals surface area contributed by atoms with Crippen LogP contribution in [-0.4, -0.2) is 46.5 Å². The largest absolute Gasteiger partial charge is 0.394 e. The highest BCUT2D eigenvalue weighted by Gasteiger charge is 2.34. The van der Waals surface area contributed by atoms with Crippen molar-refractivity contribution in [2.24, 2.45) is 5.73 Å². The third-order valence-electron chi connectivity index (χ3n) is 3.05. The first-order valence-electron chi connectivity index (χ1n) is 6.21. The van der Waals surface area contributed by atoms with Gasteiger partial charge in [0, 0.05) is 19.3 Å². The van der Waals surface area contributed by atoms with E-state index in [4.69, 9.17) is 22.7 Å². The molecule has 3 N–H and O–H groups in total. The molecular formula is C13H19N3O2S. The number of nitrogens with two attached hydrogens (primary N) is 1. The molecule has 1 aliphatic rings. The summed E-state index contributed by atoms with van der Waals surface area (Å²) in [4.78, 5) is 6.64. The molecule has 1 saturated heterocycles. The van der Waals surface area contributed by atoms with Crippen molar-refractivity contribution < 1.29 is 9.84 Å². The van der Waals surface area contributed by atoms with Crippen LogP contribution in [0.1, 0.15) is 19.5 Å². The molecule has 1 atom stereocenters. The summed E-state index contributed by atoms with van der Waals surface area (Å²) in [6, 6.07) is 3.80. The second-order valence-electron chi connectivity index (χ2n) is 5.30. The molecule has 5 nitrogen and oxygen atoms in total. The molecule has 0 radical (unpaired) electrons. The zero-order chi connectivity index (χ0) is 14.0. The molecule has 0 spiro atoms. The van der Waals surface area contributed by atoms with Crippen molar-refractivity contribution in [2.45, 2.75) is 25.6 Å². The van der Waals surface area contributed by atoms with Crippen LogP contribution in [0.15, 0.2) is 18.3 Å². The SMILES string of the molecule is CC1(C)CN(c2cccnc2C(N)=S)CC(CO)O1. The van der Waals surface area contributed by atoms with Crippen LogP contribution < -0.4 is 10.6 Å². The van der Waals surface area contributed by atoms with Gasteiger partial charge in [-0.25, -0.2) is 0 Å². The van der Waals surface area contributed by atoms with Crippen molar-refractivity contribution in [1.82, 2.24) is 4.98 Å². The lowest BCUT2D eigenvalue weighted by molar-refractivity contribution is -0.101. The lowest BCUT2D eigenvalue weighted by Gasteiger charge is -2.43. The maximum atomic E-state index is 9.35. The molecule has 2 rings (SSSR count). The maximum absolute atomic E-state index is 9.35. The minimum atomic E-state index is -0.338. The zero-order valence-corrected chi connectivity index (χ0v) is 12.0. The summed E-state index contributed by atoms with van der Waals surface area (Å²) in [7, 11) is 0. The Labute approximate surface area is 118 Å². The molecular weight excluding hydrogens is 262 g/mol. The molecule has 1 aromatic heterocycles. The summed E-state index contributed by atoms with van der Waals surface area (Å²) in [6.07, 6.45) is 1.45. The van der Waals surface area contributed by atoms with Gasteiger partial charge in [0.1, 0.15) is 10.7 Å². The predicted octanol–water partition coefficient (Wildman–Crippen LogP) is 0.692. The summed E-state index contributed by atoms with van der Waals surface area (Å²) in [5.41, 5.74) is 6.89. The van der Waals surface area contributed by atoms with Gasteiger partial charge in [0.05, 0.1) is 24.0 Å². The van der Waals surface area contributed by atoms with Gasteiger partial charge in [-0.05, 0) is 26.0 Å². The second-order valence-corrected chi connectivity index (χ2v) is 5.74. The Kier molecular flexibility index (Phi) is 4.03. The van der Waals surface area contributed by atoms with Crippen molar-refractivity contribution in [2.75, 3.05) is 24.6 Å². The molecule has 104 valence electrons. The van der Waals surface area contributed by atoms with Crippen molar-refractivity contribution in [3.63, 3.8) is 0 Å². The number of aliphatic hydroxyl groups is 1. The number of hydrogen-bond acceptors (Lipinski definition) is 5. The van der Waals surface area contributed by atoms with Crippen molar-refractivity contribution in [1.29, 1.82) is 0 Å². The minimum Gasteiger partial charge on any atom is -0.394 e. The highest BCUT2D eigenvalue weighted by atomic mass is 32.1. The van der Waals surface area contributed by atoms with Crippen molar-refractivity contribution in [3.05, 3.63) is 24.0 Å². The number of nitrogens with zero attached hydrogens (tertiary/aromatic N) is 2. The van der Waals surface area contributed by atoms with E-state index in [9.17, 15) is 5.11 Å². The third kappa shape index (κ3) is 3.20. The Hall–Kier alpha value is -1.24. The third-order valence-corrected chi connectivity index (χ3v) is 3.24. The van der Waals surface area contributed by atoms with Crippen molar-refractivity contribution in [3.8, 4) is 0 Å². The molecule has 0 aromatic carbocycles. The number of pyridine rings is 1. The summed E-state index contributed by atoms with van der Waals surface area (Å²) in [5.74, 6) is 0. The lowest BCUT2D eigenvalue weighted by atomic mass is 10.0. The average molecular weight is 281 g/mol. The molecule has 0 amide bonds. The first-order chi connectivity index (χ1) is 8.93. The molecule has 1 aromatic rings. The minimum absolute atomic E-state index is 0.0113. The van der Waals surface area contributed by atoms with Crippen LogP contribution in [0.5, 0.6) is 0 Å². The molecule has 0 bridgehead atoms. The first kappa shape index (κ1) is 14.2.